The fourth-order valence-electron chi connectivity index (χ4n) is 2.96. The number of aromatic nitrogens is 4. The predicted molar refractivity (Wildman–Crippen MR) is 104 cm³/mol. The number of nitrogens with one attached hydrogen (secondary N) is 2. The Kier molecular flexibility index (Phi) is 4.33. The number of aromatic amines is 1. The van der Waals surface area contributed by atoms with E-state index in [1.807, 2.05) is 30.3 Å². The van der Waals surface area contributed by atoms with Crippen molar-refractivity contribution in [2.45, 2.75) is 6.54 Å². The van der Waals surface area contributed by atoms with E-state index in [1.54, 1.807) is 0 Å². The Morgan fingerprint density at radius 1 is 0.962 bits per heavy atom. The molecule has 0 aliphatic rings. The lowest BCUT2D eigenvalue weighted by atomic mass is 10.1. The number of rotatable bonds is 5. The minimum atomic E-state index is 0.644. The van der Waals surface area contributed by atoms with Crippen LogP contribution in [0.25, 0.3) is 22.3 Å². The molecule has 2 heterocycles. The lowest BCUT2D eigenvalue weighted by molar-refractivity contribution is 0.402. The van der Waals surface area contributed by atoms with E-state index in [0.717, 1.165) is 34.7 Å². The van der Waals surface area contributed by atoms with Crippen molar-refractivity contribution in [2.24, 2.45) is 0 Å². The van der Waals surface area contributed by atoms with Crippen molar-refractivity contribution in [3.63, 3.8) is 0 Å². The first kappa shape index (κ1) is 16.2. The summed E-state index contributed by atoms with van der Waals surface area (Å²) in [5.74, 6) is 0.739. The van der Waals surface area contributed by atoms with Crippen molar-refractivity contribution < 1.29 is 0 Å². The van der Waals surface area contributed by atoms with E-state index in [0.29, 0.717) is 5.65 Å². The molecule has 0 atom stereocenters. The molecule has 4 aromatic rings. The van der Waals surface area contributed by atoms with Crippen LogP contribution in [0.1, 0.15) is 5.56 Å². The first-order chi connectivity index (χ1) is 12.7. The second-order valence-electron chi connectivity index (χ2n) is 6.45. The van der Waals surface area contributed by atoms with Crippen molar-refractivity contribution in [3.8, 4) is 11.3 Å². The number of H-pyrrole nitrogens is 1. The Morgan fingerprint density at radius 2 is 1.73 bits per heavy atom. The molecule has 0 aliphatic carbocycles. The van der Waals surface area contributed by atoms with Gasteiger partial charge in [0.1, 0.15) is 12.1 Å². The van der Waals surface area contributed by atoms with Crippen LogP contribution in [0.2, 0.25) is 0 Å². The maximum Gasteiger partial charge on any atom is 0.186 e. The number of benzene rings is 2. The van der Waals surface area contributed by atoms with E-state index in [1.165, 1.54) is 11.9 Å². The highest BCUT2D eigenvalue weighted by molar-refractivity contribution is 5.99. The summed E-state index contributed by atoms with van der Waals surface area (Å²) in [6.45, 7) is 0.915. The normalized spacial score (nSPS) is 11.2. The molecule has 2 N–H and O–H groups in total. The molecule has 0 amide bonds. The minimum Gasteiger partial charge on any atom is -0.339 e. The smallest absolute Gasteiger partial charge is 0.186 e. The predicted octanol–water partition coefficient (Wildman–Crippen LogP) is 3.83. The molecule has 2 aromatic heterocycles. The molecule has 0 saturated heterocycles. The Hall–Kier alpha value is -3.25. The topological polar surface area (TPSA) is 69.7 Å². The summed E-state index contributed by atoms with van der Waals surface area (Å²) in [7, 11) is 4.13. The zero-order chi connectivity index (χ0) is 17.9. The van der Waals surface area contributed by atoms with E-state index in [-0.39, 0.29) is 0 Å². The lowest BCUT2D eigenvalue weighted by Gasteiger charge is -2.11. The van der Waals surface area contributed by atoms with Crippen LogP contribution in [0.3, 0.4) is 0 Å². The molecular weight excluding hydrogens is 324 g/mol. The average molecular weight is 344 g/mol. The third kappa shape index (κ3) is 3.27. The van der Waals surface area contributed by atoms with Gasteiger partial charge in [0, 0.05) is 17.8 Å². The molecule has 0 fully saturated rings. The largest absolute Gasteiger partial charge is 0.339 e. The van der Waals surface area contributed by atoms with Crippen molar-refractivity contribution in [3.05, 3.63) is 66.5 Å². The standard InChI is InChI=1S/C20H20N6/c1-26(2)12-14-8-10-16(11-9-14)23-19-17-18(15-6-4-3-5-7-15)24-25-20(17)22-13-21-19/h3-11,13H,12H2,1-2H3,(H2,21,22,23,24,25). The number of nitrogens with zero attached hydrogens (tertiary/aromatic N) is 4. The minimum absolute atomic E-state index is 0.644. The molecule has 26 heavy (non-hydrogen) atoms. The van der Waals surface area contributed by atoms with E-state index in [4.69, 9.17) is 0 Å². The Labute approximate surface area is 151 Å². The van der Waals surface area contributed by atoms with Gasteiger partial charge in [0.15, 0.2) is 5.65 Å². The molecule has 4 rings (SSSR count). The third-order valence-electron chi connectivity index (χ3n) is 4.13. The van der Waals surface area contributed by atoms with Crippen molar-refractivity contribution in [1.29, 1.82) is 0 Å². The summed E-state index contributed by atoms with van der Waals surface area (Å²) >= 11 is 0. The highest BCUT2D eigenvalue weighted by Gasteiger charge is 2.14. The van der Waals surface area contributed by atoms with Crippen LogP contribution in [-0.2, 0) is 6.54 Å². The summed E-state index contributed by atoms with van der Waals surface area (Å²) in [4.78, 5) is 10.9. The van der Waals surface area contributed by atoms with Gasteiger partial charge in [-0.2, -0.15) is 5.10 Å². The Balaban J connectivity index is 1.69. The Bertz CT molecular complexity index is 1010. The number of anilines is 2. The van der Waals surface area contributed by atoms with Crippen LogP contribution in [0, 0.1) is 0 Å². The molecule has 0 aliphatic heterocycles. The summed E-state index contributed by atoms with van der Waals surface area (Å²) in [6, 6.07) is 18.4. The summed E-state index contributed by atoms with van der Waals surface area (Å²) < 4.78 is 0. The number of fused-ring (bicyclic) bond motifs is 1. The molecule has 6 nitrogen and oxygen atoms in total. The van der Waals surface area contributed by atoms with Gasteiger partial charge in [0.25, 0.3) is 0 Å². The van der Waals surface area contributed by atoms with Crippen LogP contribution in [0.5, 0.6) is 0 Å². The summed E-state index contributed by atoms with van der Waals surface area (Å²) in [5.41, 5.74) is 4.85. The van der Waals surface area contributed by atoms with Crippen molar-refractivity contribution in [2.75, 3.05) is 19.4 Å². The fraction of sp³-hybridized carbons (Fsp3) is 0.150. The molecule has 2 aromatic carbocycles. The van der Waals surface area contributed by atoms with Gasteiger partial charge in [-0.1, -0.05) is 42.5 Å². The fourth-order valence-corrected chi connectivity index (χ4v) is 2.96. The van der Waals surface area contributed by atoms with Gasteiger partial charge < -0.3 is 10.2 Å². The molecule has 0 spiro atoms. The molecule has 0 radical (unpaired) electrons. The van der Waals surface area contributed by atoms with Gasteiger partial charge in [-0.3, -0.25) is 5.10 Å². The first-order valence-electron chi connectivity index (χ1n) is 8.46. The van der Waals surface area contributed by atoms with Gasteiger partial charge in [0.05, 0.1) is 11.1 Å². The molecule has 6 heteroatoms. The molecule has 0 bridgehead atoms. The van der Waals surface area contributed by atoms with Gasteiger partial charge in [0.2, 0.25) is 0 Å². The third-order valence-corrected chi connectivity index (χ3v) is 4.13. The molecular formula is C20H20N6. The highest BCUT2D eigenvalue weighted by Crippen LogP contribution is 2.31. The van der Waals surface area contributed by atoms with Gasteiger partial charge in [-0.15, -0.1) is 0 Å². The number of hydrogen-bond acceptors (Lipinski definition) is 5. The summed E-state index contributed by atoms with van der Waals surface area (Å²) in [5, 5.41) is 11.7. The summed E-state index contributed by atoms with van der Waals surface area (Å²) in [6.07, 6.45) is 1.53. The SMILES string of the molecule is CN(C)Cc1ccc(Nc2ncnc3n[nH]c(-c4ccccc4)c23)cc1. The van der Waals surface area contributed by atoms with Crippen LogP contribution < -0.4 is 5.32 Å². The van der Waals surface area contributed by atoms with E-state index < -0.39 is 0 Å². The van der Waals surface area contributed by atoms with E-state index >= 15 is 0 Å². The zero-order valence-electron chi connectivity index (χ0n) is 14.8. The van der Waals surface area contributed by atoms with Crippen LogP contribution in [0.15, 0.2) is 60.9 Å². The quantitative estimate of drug-likeness (QED) is 0.576. The van der Waals surface area contributed by atoms with Crippen LogP contribution >= 0.6 is 0 Å². The zero-order valence-corrected chi connectivity index (χ0v) is 14.8. The maximum atomic E-state index is 4.44. The second-order valence-corrected chi connectivity index (χ2v) is 6.45. The van der Waals surface area contributed by atoms with Crippen molar-refractivity contribution >= 4 is 22.5 Å². The van der Waals surface area contributed by atoms with Gasteiger partial charge >= 0.3 is 0 Å². The monoisotopic (exact) mass is 344 g/mol. The first-order valence-corrected chi connectivity index (χ1v) is 8.46. The highest BCUT2D eigenvalue weighted by atomic mass is 15.2. The second kappa shape index (κ2) is 6.93. The maximum absolute atomic E-state index is 4.44. The number of hydrogen-bond donors (Lipinski definition) is 2. The van der Waals surface area contributed by atoms with Gasteiger partial charge in [-0.05, 0) is 31.8 Å². The van der Waals surface area contributed by atoms with Crippen molar-refractivity contribution in [1.82, 2.24) is 25.1 Å². The lowest BCUT2D eigenvalue weighted by Crippen LogP contribution is -2.10. The van der Waals surface area contributed by atoms with Crippen LogP contribution in [-0.4, -0.2) is 39.2 Å². The molecule has 0 unspecified atom stereocenters. The van der Waals surface area contributed by atoms with E-state index in [9.17, 15) is 0 Å². The average Bonchev–Trinajstić information content (AvgIpc) is 3.09. The molecule has 0 saturated carbocycles. The molecule has 130 valence electrons. The Morgan fingerprint density at radius 3 is 2.46 bits per heavy atom. The van der Waals surface area contributed by atoms with E-state index in [2.05, 4.69) is 68.7 Å². The van der Waals surface area contributed by atoms with Gasteiger partial charge in [-0.25, -0.2) is 9.97 Å². The van der Waals surface area contributed by atoms with Crippen LogP contribution in [0.4, 0.5) is 11.5 Å².